The Morgan fingerprint density at radius 3 is 2.37 bits per heavy atom. The third kappa shape index (κ3) is 3.91. The number of carbonyl (C=O) groups is 1. The number of rotatable bonds is 5. The monoisotopic (exact) mass is 427 g/mol. The van der Waals surface area contributed by atoms with E-state index in [0.29, 0.717) is 16.0 Å². The summed E-state index contributed by atoms with van der Waals surface area (Å²) in [5.41, 5.74) is 7.44. The molecule has 1 aliphatic carbocycles. The zero-order chi connectivity index (χ0) is 21.5. The highest BCUT2D eigenvalue weighted by Crippen LogP contribution is 2.34. The Morgan fingerprint density at radius 1 is 1.03 bits per heavy atom. The molecule has 3 aromatic carbocycles. The van der Waals surface area contributed by atoms with Crippen LogP contribution in [-0.2, 0) is 9.73 Å². The van der Waals surface area contributed by atoms with Gasteiger partial charge in [-0.2, -0.15) is 0 Å². The molecule has 1 saturated carbocycles. The Labute approximate surface area is 172 Å². The fourth-order valence-corrected chi connectivity index (χ4v) is 4.88. The zero-order valence-electron chi connectivity index (χ0n) is 15.8. The maximum atomic E-state index is 14.1. The lowest BCUT2D eigenvalue weighted by Crippen LogP contribution is -2.14. The van der Waals surface area contributed by atoms with Crippen molar-refractivity contribution in [2.45, 2.75) is 23.0 Å². The van der Waals surface area contributed by atoms with E-state index in [9.17, 15) is 17.8 Å². The second-order valence-corrected chi connectivity index (χ2v) is 9.54. The van der Waals surface area contributed by atoms with E-state index in [1.54, 1.807) is 6.07 Å². The Bertz CT molecular complexity index is 1240. The highest BCUT2D eigenvalue weighted by molar-refractivity contribution is 7.93. The van der Waals surface area contributed by atoms with E-state index >= 15 is 0 Å². The van der Waals surface area contributed by atoms with Crippen LogP contribution in [0.2, 0.25) is 0 Å². The van der Waals surface area contributed by atoms with Gasteiger partial charge in [-0.1, -0.05) is 6.07 Å². The highest BCUT2D eigenvalue weighted by Gasteiger charge is 2.33. The van der Waals surface area contributed by atoms with E-state index < -0.39 is 27.3 Å². The van der Waals surface area contributed by atoms with Gasteiger partial charge >= 0.3 is 0 Å². The second kappa shape index (κ2) is 7.53. The second-order valence-electron chi connectivity index (χ2n) is 7.20. The normalized spacial score (nSPS) is 15.4. The minimum Gasteiger partial charge on any atom is -0.397 e. The van der Waals surface area contributed by atoms with Crippen LogP contribution < -0.4 is 11.1 Å². The van der Waals surface area contributed by atoms with Crippen molar-refractivity contribution in [2.75, 3.05) is 11.1 Å². The van der Waals surface area contributed by atoms with Gasteiger partial charge in [-0.25, -0.2) is 17.8 Å². The Morgan fingerprint density at radius 2 is 1.73 bits per heavy atom. The van der Waals surface area contributed by atoms with Gasteiger partial charge in [0, 0.05) is 27.3 Å². The first-order valence-electron chi connectivity index (χ1n) is 9.30. The molecule has 3 aromatic rings. The van der Waals surface area contributed by atoms with Crippen molar-refractivity contribution in [1.82, 2.24) is 0 Å². The van der Waals surface area contributed by atoms with Crippen LogP contribution in [0.15, 0.2) is 65.6 Å². The van der Waals surface area contributed by atoms with Crippen LogP contribution >= 0.6 is 0 Å². The Hall–Kier alpha value is -3.26. The van der Waals surface area contributed by atoms with E-state index in [2.05, 4.69) is 5.32 Å². The number of hydrogen-bond donors (Lipinski definition) is 3. The summed E-state index contributed by atoms with van der Waals surface area (Å²) in [6.45, 7) is 0. The number of benzene rings is 3. The number of halogens is 2. The number of carbonyl (C=O) groups excluding carboxylic acids is 1. The van der Waals surface area contributed by atoms with Crippen molar-refractivity contribution < 1.29 is 17.8 Å². The summed E-state index contributed by atoms with van der Waals surface area (Å²) in [6.07, 6.45) is 1.57. The fraction of sp³-hybridized carbons (Fsp3) is 0.136. The highest BCUT2D eigenvalue weighted by atomic mass is 32.2. The van der Waals surface area contributed by atoms with Crippen molar-refractivity contribution in [2.24, 2.45) is 0 Å². The summed E-state index contributed by atoms with van der Waals surface area (Å²) in [5.74, 6) is -1.85. The fourth-order valence-electron chi connectivity index (χ4n) is 3.15. The van der Waals surface area contributed by atoms with E-state index in [-0.39, 0.29) is 22.2 Å². The molecular formula is C22H19F2N3O2S. The van der Waals surface area contributed by atoms with Crippen molar-refractivity contribution in [3.05, 3.63) is 77.9 Å². The SMILES string of the molecule is N=S(=O)(c1ccc(C(=O)Nc2cc(-c3ccc(F)cc3F)ccc2N)cc1)C1CC1. The Balaban J connectivity index is 1.57. The van der Waals surface area contributed by atoms with Crippen molar-refractivity contribution in [1.29, 1.82) is 4.78 Å². The molecule has 1 aliphatic rings. The molecule has 1 amide bonds. The quantitative estimate of drug-likeness (QED) is 0.498. The molecule has 5 nitrogen and oxygen atoms in total. The summed E-state index contributed by atoms with van der Waals surface area (Å²) >= 11 is 0. The maximum Gasteiger partial charge on any atom is 0.255 e. The van der Waals surface area contributed by atoms with Gasteiger partial charge in [0.25, 0.3) is 5.91 Å². The first-order chi connectivity index (χ1) is 14.3. The van der Waals surface area contributed by atoms with Gasteiger partial charge in [0.1, 0.15) is 11.6 Å². The molecule has 8 heteroatoms. The summed E-state index contributed by atoms with van der Waals surface area (Å²) < 4.78 is 47.8. The number of hydrogen-bond acceptors (Lipinski definition) is 4. The molecule has 0 radical (unpaired) electrons. The molecule has 4 rings (SSSR count). The zero-order valence-corrected chi connectivity index (χ0v) is 16.6. The minimum absolute atomic E-state index is 0.105. The smallest absolute Gasteiger partial charge is 0.255 e. The molecule has 0 bridgehead atoms. The molecule has 1 fully saturated rings. The number of anilines is 2. The van der Waals surface area contributed by atoms with E-state index in [0.717, 1.165) is 25.0 Å². The molecule has 0 spiro atoms. The number of nitrogens with one attached hydrogen (secondary N) is 2. The van der Waals surface area contributed by atoms with Gasteiger partial charge in [-0.3, -0.25) is 4.79 Å². The molecule has 0 heterocycles. The molecule has 1 atom stereocenters. The number of nitrogen functional groups attached to an aromatic ring is 1. The lowest BCUT2D eigenvalue weighted by molar-refractivity contribution is 0.102. The molecule has 0 aliphatic heterocycles. The van der Waals surface area contributed by atoms with Gasteiger partial charge in [-0.05, 0) is 66.9 Å². The summed E-state index contributed by atoms with van der Waals surface area (Å²) in [5, 5.41) is 2.58. The summed E-state index contributed by atoms with van der Waals surface area (Å²) in [6, 6.07) is 14.0. The van der Waals surface area contributed by atoms with Gasteiger partial charge in [-0.15, -0.1) is 0 Å². The first-order valence-corrected chi connectivity index (χ1v) is 10.9. The van der Waals surface area contributed by atoms with Crippen LogP contribution in [0.3, 0.4) is 0 Å². The lowest BCUT2D eigenvalue weighted by Gasteiger charge is -2.12. The maximum absolute atomic E-state index is 14.1. The largest absolute Gasteiger partial charge is 0.397 e. The third-order valence-corrected chi connectivity index (χ3v) is 7.39. The standard InChI is InChI=1S/C22H19F2N3O2S/c23-15-4-9-18(19(24)12-15)14-3-10-20(25)21(11-14)27-22(28)13-1-5-16(6-2-13)30(26,29)17-7-8-17/h1-6,9-12,17,26H,7-8,25H2,(H,27,28). The molecule has 0 saturated heterocycles. The summed E-state index contributed by atoms with van der Waals surface area (Å²) in [4.78, 5) is 13.0. The van der Waals surface area contributed by atoms with Crippen LogP contribution in [0, 0.1) is 16.4 Å². The van der Waals surface area contributed by atoms with Crippen LogP contribution in [0.25, 0.3) is 11.1 Å². The van der Waals surface area contributed by atoms with Crippen LogP contribution in [0.4, 0.5) is 20.2 Å². The molecule has 154 valence electrons. The van der Waals surface area contributed by atoms with E-state index in [1.807, 2.05) is 0 Å². The van der Waals surface area contributed by atoms with E-state index in [1.165, 1.54) is 42.5 Å². The average Bonchev–Trinajstić information content (AvgIpc) is 3.56. The molecule has 30 heavy (non-hydrogen) atoms. The summed E-state index contributed by atoms with van der Waals surface area (Å²) in [7, 11) is -2.83. The van der Waals surface area contributed by atoms with Gasteiger partial charge in [0.05, 0.1) is 21.1 Å². The van der Waals surface area contributed by atoms with Gasteiger partial charge in [0.2, 0.25) is 0 Å². The van der Waals surface area contributed by atoms with Crippen molar-refractivity contribution in [3.8, 4) is 11.1 Å². The van der Waals surface area contributed by atoms with Gasteiger partial charge < -0.3 is 11.1 Å². The lowest BCUT2D eigenvalue weighted by atomic mass is 10.0. The van der Waals surface area contributed by atoms with E-state index in [4.69, 9.17) is 10.5 Å². The predicted molar refractivity (Wildman–Crippen MR) is 113 cm³/mol. The van der Waals surface area contributed by atoms with Crippen molar-refractivity contribution >= 4 is 27.0 Å². The van der Waals surface area contributed by atoms with Crippen LogP contribution in [0.5, 0.6) is 0 Å². The average molecular weight is 427 g/mol. The molecular weight excluding hydrogens is 408 g/mol. The third-order valence-electron chi connectivity index (χ3n) is 5.00. The number of amides is 1. The minimum atomic E-state index is -2.83. The molecule has 1 unspecified atom stereocenters. The van der Waals surface area contributed by atoms with Crippen LogP contribution in [-0.4, -0.2) is 15.4 Å². The van der Waals surface area contributed by atoms with Crippen LogP contribution in [0.1, 0.15) is 23.2 Å². The predicted octanol–water partition coefficient (Wildman–Crippen LogP) is 5.03. The number of nitrogens with two attached hydrogens (primary N) is 1. The van der Waals surface area contributed by atoms with Crippen molar-refractivity contribution in [3.63, 3.8) is 0 Å². The first kappa shape index (κ1) is 20.0. The van der Waals surface area contributed by atoms with Gasteiger partial charge in [0.15, 0.2) is 0 Å². The topological polar surface area (TPSA) is 96.0 Å². The Kier molecular flexibility index (Phi) is 5.03. The molecule has 0 aromatic heterocycles. The molecule has 4 N–H and O–H groups in total.